The maximum absolute atomic E-state index is 6.33. The van der Waals surface area contributed by atoms with Gasteiger partial charge in [0.2, 0.25) is 0 Å². The highest BCUT2D eigenvalue weighted by Crippen LogP contribution is 2.31. The quantitative estimate of drug-likeness (QED) is 0.714. The van der Waals surface area contributed by atoms with Crippen LogP contribution in [-0.2, 0) is 5.41 Å². The predicted molar refractivity (Wildman–Crippen MR) is 97.1 cm³/mol. The van der Waals surface area contributed by atoms with E-state index in [4.69, 9.17) is 17.3 Å². The van der Waals surface area contributed by atoms with Crippen molar-refractivity contribution < 1.29 is 0 Å². The van der Waals surface area contributed by atoms with E-state index in [1.807, 2.05) is 30.3 Å². The molecule has 0 atom stereocenters. The SMILES string of the molecule is CC(C)(C)c1cccc(-c2cc(N)nn2-c2ccccc2Cl)c1. The molecule has 1 heterocycles. The highest BCUT2D eigenvalue weighted by atomic mass is 35.5. The second-order valence-corrected chi connectivity index (χ2v) is 7.06. The smallest absolute Gasteiger partial charge is 0.146 e. The number of nitrogens with two attached hydrogens (primary N) is 1. The molecule has 3 nitrogen and oxygen atoms in total. The van der Waals surface area contributed by atoms with Crippen molar-refractivity contribution in [1.29, 1.82) is 0 Å². The third-order valence-electron chi connectivity index (χ3n) is 3.83. The third kappa shape index (κ3) is 3.10. The number of anilines is 1. The van der Waals surface area contributed by atoms with Crippen molar-refractivity contribution in [3.05, 3.63) is 65.2 Å². The van der Waals surface area contributed by atoms with E-state index in [9.17, 15) is 0 Å². The van der Waals surface area contributed by atoms with Crippen molar-refractivity contribution in [3.8, 4) is 16.9 Å². The number of nitrogens with zero attached hydrogens (tertiary/aromatic N) is 2. The average molecular weight is 326 g/mol. The van der Waals surface area contributed by atoms with E-state index in [1.165, 1.54) is 5.56 Å². The molecule has 0 aliphatic heterocycles. The molecular formula is C19H20ClN3. The van der Waals surface area contributed by atoms with Crippen LogP contribution in [0.3, 0.4) is 0 Å². The van der Waals surface area contributed by atoms with Gasteiger partial charge in [0.1, 0.15) is 5.82 Å². The van der Waals surface area contributed by atoms with Crippen LogP contribution in [-0.4, -0.2) is 9.78 Å². The summed E-state index contributed by atoms with van der Waals surface area (Å²) in [4.78, 5) is 0. The third-order valence-corrected chi connectivity index (χ3v) is 4.15. The number of hydrogen-bond acceptors (Lipinski definition) is 2. The Bertz CT molecular complexity index is 844. The summed E-state index contributed by atoms with van der Waals surface area (Å²) in [6, 6.07) is 18.0. The Hall–Kier alpha value is -2.26. The Labute approximate surface area is 141 Å². The van der Waals surface area contributed by atoms with Crippen LogP contribution >= 0.6 is 11.6 Å². The highest BCUT2D eigenvalue weighted by molar-refractivity contribution is 6.32. The Morgan fingerprint density at radius 3 is 2.43 bits per heavy atom. The van der Waals surface area contributed by atoms with Gasteiger partial charge in [0.15, 0.2) is 0 Å². The number of halogens is 1. The predicted octanol–water partition coefficient (Wildman–Crippen LogP) is 5.07. The van der Waals surface area contributed by atoms with Gasteiger partial charge in [0, 0.05) is 11.6 Å². The van der Waals surface area contributed by atoms with E-state index < -0.39 is 0 Å². The lowest BCUT2D eigenvalue weighted by Crippen LogP contribution is -2.11. The molecule has 118 valence electrons. The normalized spacial score (nSPS) is 11.7. The van der Waals surface area contributed by atoms with Crippen molar-refractivity contribution >= 4 is 17.4 Å². The lowest BCUT2D eigenvalue weighted by atomic mass is 9.86. The van der Waals surface area contributed by atoms with Gasteiger partial charge in [0.25, 0.3) is 0 Å². The summed E-state index contributed by atoms with van der Waals surface area (Å²) < 4.78 is 1.80. The minimum atomic E-state index is 0.0802. The number of benzene rings is 2. The van der Waals surface area contributed by atoms with Gasteiger partial charge in [-0.3, -0.25) is 0 Å². The summed E-state index contributed by atoms with van der Waals surface area (Å²) in [5.41, 5.74) is 10.1. The van der Waals surface area contributed by atoms with E-state index in [0.717, 1.165) is 16.9 Å². The van der Waals surface area contributed by atoms with E-state index in [1.54, 1.807) is 4.68 Å². The lowest BCUT2D eigenvalue weighted by Gasteiger charge is -2.20. The molecule has 0 spiro atoms. The molecule has 1 aromatic heterocycles. The Kier molecular flexibility index (Phi) is 3.90. The number of aromatic nitrogens is 2. The van der Waals surface area contributed by atoms with Crippen LogP contribution < -0.4 is 5.73 Å². The molecular weight excluding hydrogens is 306 g/mol. The molecule has 0 fully saturated rings. The van der Waals surface area contributed by atoms with Crippen LogP contribution in [0, 0.1) is 0 Å². The first kappa shape index (κ1) is 15.6. The number of rotatable bonds is 2. The molecule has 0 saturated carbocycles. The van der Waals surface area contributed by atoms with Gasteiger partial charge in [-0.15, -0.1) is 0 Å². The Morgan fingerprint density at radius 1 is 1.00 bits per heavy atom. The van der Waals surface area contributed by atoms with Gasteiger partial charge >= 0.3 is 0 Å². The first-order chi connectivity index (χ1) is 10.9. The van der Waals surface area contributed by atoms with Crippen LogP contribution in [0.5, 0.6) is 0 Å². The topological polar surface area (TPSA) is 43.8 Å². The molecule has 0 amide bonds. The molecule has 0 unspecified atom stereocenters. The first-order valence-corrected chi connectivity index (χ1v) is 7.95. The van der Waals surface area contributed by atoms with E-state index >= 15 is 0 Å². The minimum Gasteiger partial charge on any atom is -0.382 e. The molecule has 0 aliphatic rings. The summed E-state index contributed by atoms with van der Waals surface area (Å²) in [6.07, 6.45) is 0. The zero-order valence-corrected chi connectivity index (χ0v) is 14.3. The summed E-state index contributed by atoms with van der Waals surface area (Å²) in [5.74, 6) is 0.473. The Balaban J connectivity index is 2.17. The van der Waals surface area contributed by atoms with Crippen LogP contribution in [0.25, 0.3) is 16.9 Å². The molecule has 23 heavy (non-hydrogen) atoms. The van der Waals surface area contributed by atoms with Gasteiger partial charge in [-0.1, -0.05) is 62.7 Å². The summed E-state index contributed by atoms with van der Waals surface area (Å²) in [7, 11) is 0. The van der Waals surface area contributed by atoms with Crippen LogP contribution in [0.15, 0.2) is 54.6 Å². The summed E-state index contributed by atoms with van der Waals surface area (Å²) in [5, 5.41) is 5.06. The average Bonchev–Trinajstić information content (AvgIpc) is 2.89. The molecule has 0 radical (unpaired) electrons. The second-order valence-electron chi connectivity index (χ2n) is 6.65. The van der Waals surface area contributed by atoms with Crippen LogP contribution in [0.2, 0.25) is 5.02 Å². The molecule has 3 aromatic rings. The first-order valence-electron chi connectivity index (χ1n) is 7.57. The van der Waals surface area contributed by atoms with E-state index in [-0.39, 0.29) is 5.41 Å². The fourth-order valence-corrected chi connectivity index (χ4v) is 2.77. The molecule has 4 heteroatoms. The number of hydrogen-bond donors (Lipinski definition) is 1. The highest BCUT2D eigenvalue weighted by Gasteiger charge is 2.17. The standard InChI is InChI=1S/C19H20ClN3/c1-19(2,3)14-8-6-7-13(11-14)17-12-18(21)22-23(17)16-10-5-4-9-15(16)20/h4-12H,1-3H3,(H2,21,22). The van der Waals surface area contributed by atoms with Crippen molar-refractivity contribution in [2.75, 3.05) is 5.73 Å². The van der Waals surface area contributed by atoms with Crippen LogP contribution in [0.4, 0.5) is 5.82 Å². The van der Waals surface area contributed by atoms with Gasteiger partial charge in [-0.2, -0.15) is 5.10 Å². The minimum absolute atomic E-state index is 0.0802. The van der Waals surface area contributed by atoms with Gasteiger partial charge < -0.3 is 5.73 Å². The number of para-hydroxylation sites is 1. The molecule has 3 rings (SSSR count). The van der Waals surface area contributed by atoms with Crippen molar-refractivity contribution in [1.82, 2.24) is 9.78 Å². The maximum atomic E-state index is 6.33. The van der Waals surface area contributed by atoms with Gasteiger partial charge in [0.05, 0.1) is 16.4 Å². The van der Waals surface area contributed by atoms with Crippen molar-refractivity contribution in [3.63, 3.8) is 0 Å². The number of nitrogen functional groups attached to an aromatic ring is 1. The van der Waals surface area contributed by atoms with E-state index in [0.29, 0.717) is 10.8 Å². The largest absolute Gasteiger partial charge is 0.382 e. The lowest BCUT2D eigenvalue weighted by molar-refractivity contribution is 0.590. The van der Waals surface area contributed by atoms with Crippen molar-refractivity contribution in [2.45, 2.75) is 26.2 Å². The molecule has 2 N–H and O–H groups in total. The fraction of sp³-hybridized carbons (Fsp3) is 0.211. The van der Waals surface area contributed by atoms with E-state index in [2.05, 4.69) is 50.1 Å². The molecule has 0 saturated heterocycles. The fourth-order valence-electron chi connectivity index (χ4n) is 2.56. The zero-order chi connectivity index (χ0) is 16.6. The second kappa shape index (κ2) is 5.74. The summed E-state index contributed by atoms with van der Waals surface area (Å²) >= 11 is 6.33. The molecule has 2 aromatic carbocycles. The molecule has 0 aliphatic carbocycles. The van der Waals surface area contributed by atoms with Crippen LogP contribution in [0.1, 0.15) is 26.3 Å². The van der Waals surface area contributed by atoms with Gasteiger partial charge in [-0.25, -0.2) is 4.68 Å². The molecule has 0 bridgehead atoms. The Morgan fingerprint density at radius 2 is 1.74 bits per heavy atom. The summed E-state index contributed by atoms with van der Waals surface area (Å²) in [6.45, 7) is 6.60. The monoisotopic (exact) mass is 325 g/mol. The maximum Gasteiger partial charge on any atom is 0.146 e. The van der Waals surface area contributed by atoms with Gasteiger partial charge in [-0.05, 0) is 29.2 Å². The van der Waals surface area contributed by atoms with Crippen molar-refractivity contribution in [2.24, 2.45) is 0 Å². The zero-order valence-electron chi connectivity index (χ0n) is 13.5.